The first kappa shape index (κ1) is 27.4. The number of ether oxygens (including phenoxy) is 3. The average molecular weight is 565 g/mol. The summed E-state index contributed by atoms with van der Waals surface area (Å²) in [6.07, 6.45) is 7.63. The molecule has 1 atom stereocenters. The number of fused-ring (bicyclic) bond motifs is 2. The highest BCUT2D eigenvalue weighted by Crippen LogP contribution is 2.30. The molecule has 0 saturated heterocycles. The lowest BCUT2D eigenvalue weighted by Crippen LogP contribution is -2.25. The highest BCUT2D eigenvalue weighted by Gasteiger charge is 2.21. The SMILES string of the molecule is COc1ccc(CNc2nccc3c(NCc4ccnc(OCC5CCn6c(C)cnc6C5)c4)cccc23)c(OC)c1. The molecule has 216 valence electrons. The number of aromatic nitrogens is 4. The Morgan fingerprint density at radius 2 is 1.81 bits per heavy atom. The molecule has 0 bridgehead atoms. The van der Waals surface area contributed by atoms with Crippen LogP contribution in [0.15, 0.2) is 73.2 Å². The fourth-order valence-corrected chi connectivity index (χ4v) is 5.51. The number of rotatable bonds is 11. The van der Waals surface area contributed by atoms with Crippen molar-refractivity contribution in [3.05, 3.63) is 95.8 Å². The summed E-state index contributed by atoms with van der Waals surface area (Å²) in [4.78, 5) is 13.6. The van der Waals surface area contributed by atoms with Gasteiger partial charge in [0.15, 0.2) is 0 Å². The first-order valence-corrected chi connectivity index (χ1v) is 14.3. The molecule has 9 heteroatoms. The second-order valence-corrected chi connectivity index (χ2v) is 10.6. The van der Waals surface area contributed by atoms with E-state index in [0.717, 1.165) is 70.1 Å². The van der Waals surface area contributed by atoms with Crippen LogP contribution in [-0.2, 0) is 26.1 Å². The van der Waals surface area contributed by atoms with E-state index in [-0.39, 0.29) is 0 Å². The van der Waals surface area contributed by atoms with Crippen molar-refractivity contribution >= 4 is 22.3 Å². The lowest BCUT2D eigenvalue weighted by molar-refractivity contribution is 0.211. The molecule has 42 heavy (non-hydrogen) atoms. The van der Waals surface area contributed by atoms with E-state index >= 15 is 0 Å². The summed E-state index contributed by atoms with van der Waals surface area (Å²) >= 11 is 0. The van der Waals surface area contributed by atoms with E-state index in [1.165, 1.54) is 5.69 Å². The molecule has 0 spiro atoms. The number of nitrogens with one attached hydrogen (secondary N) is 2. The minimum Gasteiger partial charge on any atom is -0.497 e. The highest BCUT2D eigenvalue weighted by molar-refractivity contribution is 5.99. The van der Waals surface area contributed by atoms with Crippen LogP contribution in [0.5, 0.6) is 17.4 Å². The Balaban J connectivity index is 1.09. The number of nitrogens with zero attached hydrogens (tertiary/aromatic N) is 4. The predicted molar refractivity (Wildman–Crippen MR) is 164 cm³/mol. The maximum atomic E-state index is 6.13. The molecule has 1 aliphatic rings. The van der Waals surface area contributed by atoms with Gasteiger partial charge in [0.25, 0.3) is 0 Å². The standard InChI is InChI=1S/C33H36N6O3/c1-22-18-37-31-15-24(11-14-39(22)31)21-42-32-16-23(9-12-34-32)19-36-29-6-4-5-28-27(29)10-13-35-33(28)38-20-25-7-8-26(40-2)17-30(25)41-3/h4-10,12-13,16-18,24,36H,11,14-15,19-21H2,1-3H3,(H,35,38). The minimum atomic E-state index is 0.445. The van der Waals surface area contributed by atoms with Crippen LogP contribution in [0.4, 0.5) is 11.5 Å². The van der Waals surface area contributed by atoms with Crippen molar-refractivity contribution in [2.75, 3.05) is 31.5 Å². The van der Waals surface area contributed by atoms with Gasteiger partial charge in [0, 0.05) is 90.4 Å². The number of benzene rings is 2. The van der Waals surface area contributed by atoms with E-state index in [2.05, 4.69) is 49.2 Å². The zero-order valence-electron chi connectivity index (χ0n) is 24.3. The number of hydrogen-bond acceptors (Lipinski definition) is 8. The van der Waals surface area contributed by atoms with Gasteiger partial charge >= 0.3 is 0 Å². The molecule has 5 aromatic rings. The molecule has 9 nitrogen and oxygen atoms in total. The van der Waals surface area contributed by atoms with Crippen molar-refractivity contribution in [2.24, 2.45) is 5.92 Å². The molecule has 6 rings (SSSR count). The first-order chi connectivity index (χ1) is 20.6. The minimum absolute atomic E-state index is 0.445. The Morgan fingerprint density at radius 3 is 2.69 bits per heavy atom. The Bertz CT molecular complexity index is 1680. The largest absolute Gasteiger partial charge is 0.497 e. The second-order valence-electron chi connectivity index (χ2n) is 10.6. The van der Waals surface area contributed by atoms with Gasteiger partial charge in [0.1, 0.15) is 23.1 Å². The number of hydrogen-bond donors (Lipinski definition) is 2. The lowest BCUT2D eigenvalue weighted by atomic mass is 9.99. The Kier molecular flexibility index (Phi) is 8.07. The zero-order valence-corrected chi connectivity index (χ0v) is 24.3. The van der Waals surface area contributed by atoms with Gasteiger partial charge in [-0.3, -0.25) is 0 Å². The van der Waals surface area contributed by atoms with Crippen molar-refractivity contribution in [3.8, 4) is 17.4 Å². The molecule has 0 fully saturated rings. The summed E-state index contributed by atoms with van der Waals surface area (Å²) in [5.74, 6) is 4.60. The summed E-state index contributed by atoms with van der Waals surface area (Å²) in [6.45, 7) is 4.97. The third-order valence-corrected chi connectivity index (χ3v) is 7.87. The smallest absolute Gasteiger partial charge is 0.213 e. The van der Waals surface area contributed by atoms with Crippen molar-refractivity contribution in [3.63, 3.8) is 0 Å². The number of pyridine rings is 2. The van der Waals surface area contributed by atoms with E-state index in [1.807, 2.05) is 61.1 Å². The van der Waals surface area contributed by atoms with E-state index in [4.69, 9.17) is 14.2 Å². The van der Waals surface area contributed by atoms with Gasteiger partial charge in [-0.2, -0.15) is 0 Å². The monoisotopic (exact) mass is 564 g/mol. The lowest BCUT2D eigenvalue weighted by Gasteiger charge is -2.24. The number of imidazole rings is 1. The van der Waals surface area contributed by atoms with Gasteiger partial charge in [0.2, 0.25) is 5.88 Å². The molecule has 0 amide bonds. The molecule has 0 aliphatic carbocycles. The van der Waals surface area contributed by atoms with Crippen molar-refractivity contribution < 1.29 is 14.2 Å². The molecule has 0 saturated carbocycles. The topological polar surface area (TPSA) is 95.3 Å². The fourth-order valence-electron chi connectivity index (χ4n) is 5.51. The first-order valence-electron chi connectivity index (χ1n) is 14.3. The Labute approximate surface area is 245 Å². The van der Waals surface area contributed by atoms with E-state index < -0.39 is 0 Å². The van der Waals surface area contributed by atoms with Crippen LogP contribution in [0.3, 0.4) is 0 Å². The van der Waals surface area contributed by atoms with Gasteiger partial charge in [0.05, 0.1) is 20.8 Å². The van der Waals surface area contributed by atoms with Gasteiger partial charge < -0.3 is 29.4 Å². The van der Waals surface area contributed by atoms with Crippen LogP contribution in [0.25, 0.3) is 10.8 Å². The number of aryl methyl sites for hydroxylation is 1. The van der Waals surface area contributed by atoms with Gasteiger partial charge in [-0.1, -0.05) is 12.1 Å². The molecule has 1 aliphatic heterocycles. The van der Waals surface area contributed by atoms with Crippen molar-refractivity contribution in [1.29, 1.82) is 0 Å². The van der Waals surface area contributed by atoms with Crippen LogP contribution in [0.1, 0.15) is 29.1 Å². The Hall–Kier alpha value is -4.79. The van der Waals surface area contributed by atoms with Crippen LogP contribution in [-0.4, -0.2) is 40.3 Å². The predicted octanol–water partition coefficient (Wildman–Crippen LogP) is 6.02. The summed E-state index contributed by atoms with van der Waals surface area (Å²) in [5.41, 5.74) is 4.39. The van der Waals surface area contributed by atoms with Crippen molar-refractivity contribution in [2.45, 2.75) is 39.4 Å². The molecule has 2 aromatic carbocycles. The van der Waals surface area contributed by atoms with E-state index in [0.29, 0.717) is 31.5 Å². The molecule has 4 heterocycles. The van der Waals surface area contributed by atoms with Crippen molar-refractivity contribution in [1.82, 2.24) is 19.5 Å². The molecule has 1 unspecified atom stereocenters. The van der Waals surface area contributed by atoms with Gasteiger partial charge in [-0.15, -0.1) is 0 Å². The normalized spacial score (nSPS) is 14.3. The van der Waals surface area contributed by atoms with Gasteiger partial charge in [-0.05, 0) is 49.2 Å². The van der Waals surface area contributed by atoms with E-state index in [9.17, 15) is 0 Å². The fraction of sp³-hybridized carbons (Fsp3) is 0.303. The second kappa shape index (κ2) is 12.4. The molecule has 0 radical (unpaired) electrons. The summed E-state index contributed by atoms with van der Waals surface area (Å²) < 4.78 is 19.3. The molecular formula is C33H36N6O3. The maximum Gasteiger partial charge on any atom is 0.213 e. The Morgan fingerprint density at radius 1 is 0.905 bits per heavy atom. The summed E-state index contributed by atoms with van der Waals surface area (Å²) in [7, 11) is 3.31. The number of methoxy groups -OCH3 is 2. The zero-order chi connectivity index (χ0) is 28.9. The molecule has 3 aromatic heterocycles. The van der Waals surface area contributed by atoms with E-state index in [1.54, 1.807) is 14.2 Å². The third kappa shape index (κ3) is 5.95. The molecular weight excluding hydrogens is 528 g/mol. The van der Waals surface area contributed by atoms with Crippen LogP contribution >= 0.6 is 0 Å². The quantitative estimate of drug-likeness (QED) is 0.201. The van der Waals surface area contributed by atoms with Crippen LogP contribution in [0, 0.1) is 12.8 Å². The average Bonchev–Trinajstić information content (AvgIpc) is 3.41. The van der Waals surface area contributed by atoms with Gasteiger partial charge in [-0.25, -0.2) is 15.0 Å². The summed E-state index contributed by atoms with van der Waals surface area (Å²) in [6, 6.07) is 18.1. The van der Waals surface area contributed by atoms with Crippen LogP contribution < -0.4 is 24.8 Å². The highest BCUT2D eigenvalue weighted by atomic mass is 16.5. The summed E-state index contributed by atoms with van der Waals surface area (Å²) in [5, 5.41) is 9.21. The van der Waals surface area contributed by atoms with Crippen LogP contribution in [0.2, 0.25) is 0 Å². The molecule has 2 N–H and O–H groups in total. The number of anilines is 2. The third-order valence-electron chi connectivity index (χ3n) is 7.87. The maximum absolute atomic E-state index is 6.13.